The van der Waals surface area contributed by atoms with Gasteiger partial charge in [-0.15, -0.1) is 37.7 Å². The molecular formula is C18H36Cl2Si3Zr-4. The maximum absolute atomic E-state index is 3.20. The van der Waals surface area contributed by atoms with Crippen LogP contribution in [0.2, 0.25) is 39.3 Å². The van der Waals surface area contributed by atoms with E-state index in [1.54, 1.807) is 33.7 Å². The summed E-state index contributed by atoms with van der Waals surface area (Å²) >= 11 is 1.58. The quantitative estimate of drug-likeness (QED) is 0.327. The summed E-state index contributed by atoms with van der Waals surface area (Å²) in [5.74, 6) is 0. The van der Waals surface area contributed by atoms with Crippen LogP contribution in [0, 0.1) is 27.0 Å². The van der Waals surface area contributed by atoms with Crippen molar-refractivity contribution in [2.45, 2.75) is 52.1 Å². The van der Waals surface area contributed by atoms with E-state index in [1.165, 1.54) is 0 Å². The van der Waals surface area contributed by atoms with Crippen molar-refractivity contribution >= 4 is 47.8 Å². The Kier molecular flexibility index (Phi) is 26.3. The molecule has 6 heteroatoms. The molecule has 0 saturated carbocycles. The van der Waals surface area contributed by atoms with E-state index < -0.39 is 16.1 Å². The van der Waals surface area contributed by atoms with Gasteiger partial charge in [-0.05, 0) is 16.1 Å². The van der Waals surface area contributed by atoms with E-state index in [9.17, 15) is 0 Å². The molecule has 0 bridgehead atoms. The summed E-state index contributed by atoms with van der Waals surface area (Å²) in [5, 5.41) is 3.12. The molecular weight excluding hydrogens is 463 g/mol. The SMILES string of the molecule is C[Si](C)(C)C1=CC[C-]=C1.C[Si](C)(C)C1=CC[C-]=C1.Cl.Cl.[CH3-].[CH3-].[SiH2]=[Zr]. The standard InChI is InChI=1S/2C8H13Si.2CH3.2ClH.H2Si.Zr/c2*1-9(2,3)8-6-4-5-7-8;;;;;;/h2*6-7H,4H2,1-3H3;2*1H3;2*1H;1H2;/q4*-1;;;;. The van der Waals surface area contributed by atoms with E-state index in [1.807, 2.05) is 6.88 Å². The van der Waals surface area contributed by atoms with Crippen LogP contribution in [0.25, 0.3) is 0 Å². The van der Waals surface area contributed by atoms with Gasteiger partial charge in [0, 0.05) is 0 Å². The number of allylic oxidation sites excluding steroid dienone is 8. The van der Waals surface area contributed by atoms with Crippen molar-refractivity contribution in [3.05, 3.63) is 61.7 Å². The topological polar surface area (TPSA) is 0 Å². The monoisotopic (exact) mass is 496 g/mol. The summed E-state index contributed by atoms with van der Waals surface area (Å²) in [5.41, 5.74) is 0. The van der Waals surface area contributed by atoms with E-state index in [0.717, 1.165) is 12.8 Å². The Hall–Kier alpha value is 1.07. The molecule has 2 aliphatic rings. The molecule has 0 aliphatic heterocycles. The second-order valence-electron chi connectivity index (χ2n) is 6.92. The van der Waals surface area contributed by atoms with Crippen LogP contribution in [-0.4, -0.2) is 23.0 Å². The Labute approximate surface area is 183 Å². The molecule has 0 unspecified atom stereocenters. The molecule has 24 heavy (non-hydrogen) atoms. The Morgan fingerprint density at radius 3 is 1.08 bits per heavy atom. The normalized spacial score (nSPS) is 13.9. The van der Waals surface area contributed by atoms with Gasteiger partial charge in [-0.3, -0.25) is 12.2 Å². The molecule has 0 radical (unpaired) electrons. The molecule has 0 amide bonds. The predicted molar refractivity (Wildman–Crippen MR) is 124 cm³/mol. The molecule has 0 aromatic heterocycles. The summed E-state index contributed by atoms with van der Waals surface area (Å²) in [6, 6.07) is 0. The Balaban J connectivity index is -0.0000000789. The number of hydrogen-bond donors (Lipinski definition) is 0. The van der Waals surface area contributed by atoms with Crippen molar-refractivity contribution in [1.29, 1.82) is 0 Å². The third-order valence-corrected chi connectivity index (χ3v) is 7.29. The van der Waals surface area contributed by atoms with Crippen molar-refractivity contribution in [3.8, 4) is 0 Å². The molecule has 0 saturated heterocycles. The Bertz CT molecular complexity index is 389. The maximum atomic E-state index is 3.20. The van der Waals surface area contributed by atoms with Crippen molar-refractivity contribution in [2.24, 2.45) is 0 Å². The first-order valence-electron chi connectivity index (χ1n) is 7.11. The second-order valence-corrected chi connectivity index (χ2v) is 17.1. The first-order chi connectivity index (χ1) is 9.21. The first kappa shape index (κ1) is 36.1. The third-order valence-electron chi connectivity index (χ3n) is 3.13. The summed E-state index contributed by atoms with van der Waals surface area (Å²) in [7, 11) is -1.96. The van der Waals surface area contributed by atoms with Crippen LogP contribution in [0.3, 0.4) is 0 Å². The van der Waals surface area contributed by atoms with E-state index in [-0.39, 0.29) is 39.7 Å². The number of hydrogen-bond acceptors (Lipinski definition) is 0. The average molecular weight is 499 g/mol. The summed E-state index contributed by atoms with van der Waals surface area (Å²) in [6.07, 6.45) is 17.4. The van der Waals surface area contributed by atoms with Crippen LogP contribution < -0.4 is 0 Å². The molecule has 2 rings (SSSR count). The molecule has 0 atom stereocenters. The van der Waals surface area contributed by atoms with E-state index in [2.05, 4.69) is 75.7 Å². The Morgan fingerprint density at radius 1 is 0.750 bits per heavy atom. The number of rotatable bonds is 2. The molecule has 142 valence electrons. The molecule has 2 aliphatic carbocycles. The average Bonchev–Trinajstić information content (AvgIpc) is 3.04. The number of halogens is 2. The zero-order valence-electron chi connectivity index (χ0n) is 16.7. The summed E-state index contributed by atoms with van der Waals surface area (Å²) < 4.78 is 0. The Morgan fingerprint density at radius 2 is 1.00 bits per heavy atom. The van der Waals surface area contributed by atoms with Gasteiger partial charge in [0.15, 0.2) is 0 Å². The van der Waals surface area contributed by atoms with Crippen LogP contribution in [0.5, 0.6) is 0 Å². The van der Waals surface area contributed by atoms with E-state index >= 15 is 0 Å². The van der Waals surface area contributed by atoms with Crippen LogP contribution in [0.1, 0.15) is 12.8 Å². The van der Waals surface area contributed by atoms with E-state index in [4.69, 9.17) is 0 Å². The van der Waals surface area contributed by atoms with Gasteiger partial charge in [-0.1, -0.05) is 39.3 Å². The molecule has 0 aromatic carbocycles. The van der Waals surface area contributed by atoms with Crippen LogP contribution in [0.4, 0.5) is 0 Å². The molecule has 0 fully saturated rings. The van der Waals surface area contributed by atoms with Gasteiger partial charge in [0.2, 0.25) is 0 Å². The zero-order valence-corrected chi connectivity index (χ0v) is 24.3. The van der Waals surface area contributed by atoms with Gasteiger partial charge in [-0.25, -0.2) is 22.5 Å². The summed E-state index contributed by atoms with van der Waals surface area (Å²) in [6.45, 7) is 16.1. The summed E-state index contributed by atoms with van der Waals surface area (Å²) in [4.78, 5) is 0. The molecule has 0 aromatic rings. The fourth-order valence-corrected chi connectivity index (χ4v) is 4.34. The van der Waals surface area contributed by atoms with Crippen molar-refractivity contribution in [1.82, 2.24) is 0 Å². The van der Waals surface area contributed by atoms with Gasteiger partial charge in [0.1, 0.15) is 0 Å². The second kappa shape index (κ2) is 17.5. The third kappa shape index (κ3) is 15.3. The van der Waals surface area contributed by atoms with Crippen molar-refractivity contribution in [2.75, 3.05) is 0 Å². The van der Waals surface area contributed by atoms with Crippen LogP contribution >= 0.6 is 24.8 Å². The molecule has 0 heterocycles. The minimum absolute atomic E-state index is 0. The van der Waals surface area contributed by atoms with Crippen LogP contribution in [0.15, 0.2) is 34.7 Å². The van der Waals surface area contributed by atoms with Crippen molar-refractivity contribution < 1.29 is 23.3 Å². The van der Waals surface area contributed by atoms with Gasteiger partial charge in [0.05, 0.1) is 0 Å². The fraction of sp³-hybridized carbons (Fsp3) is 0.444. The molecule has 0 spiro atoms. The van der Waals surface area contributed by atoms with E-state index in [0.29, 0.717) is 0 Å². The minimum atomic E-state index is -0.981. The van der Waals surface area contributed by atoms with Gasteiger partial charge < -0.3 is 14.9 Å². The zero-order chi connectivity index (χ0) is 15.8. The first-order valence-corrected chi connectivity index (χ1v) is 20.0. The van der Waals surface area contributed by atoms with Gasteiger partial charge in [-0.2, -0.15) is 12.2 Å². The predicted octanol–water partition coefficient (Wildman–Crippen LogP) is 5.93. The molecule has 0 nitrogen and oxygen atoms in total. The van der Waals surface area contributed by atoms with Crippen molar-refractivity contribution in [3.63, 3.8) is 0 Å². The van der Waals surface area contributed by atoms with Gasteiger partial charge in [0.25, 0.3) is 0 Å². The molecule has 0 N–H and O–H groups in total. The van der Waals surface area contributed by atoms with Gasteiger partial charge >= 0.3 is 30.2 Å². The van der Waals surface area contributed by atoms with Crippen LogP contribution in [-0.2, 0) is 23.3 Å². The fourth-order valence-electron chi connectivity index (χ4n) is 1.84.